The molecule has 0 radical (unpaired) electrons. The number of carbonyl (C=O) groups is 3. The van der Waals surface area contributed by atoms with Crippen molar-refractivity contribution in [2.24, 2.45) is 5.92 Å². The number of urea groups is 1. The molecule has 0 bridgehead atoms. The van der Waals surface area contributed by atoms with Crippen LogP contribution in [0, 0.1) is 5.92 Å². The van der Waals surface area contributed by atoms with Gasteiger partial charge in [-0.1, -0.05) is 13.8 Å². The molecule has 0 fully saturated rings. The van der Waals surface area contributed by atoms with Gasteiger partial charge in [0.05, 0.1) is 6.42 Å². The van der Waals surface area contributed by atoms with E-state index in [2.05, 4.69) is 10.6 Å². The van der Waals surface area contributed by atoms with E-state index in [1.807, 2.05) is 13.8 Å². The summed E-state index contributed by atoms with van der Waals surface area (Å²) in [5, 5.41) is 13.7. The van der Waals surface area contributed by atoms with E-state index in [4.69, 9.17) is 5.11 Å². The summed E-state index contributed by atoms with van der Waals surface area (Å²) in [5.41, 5.74) is 0. The van der Waals surface area contributed by atoms with E-state index in [0.717, 1.165) is 0 Å². The highest BCUT2D eigenvalue weighted by atomic mass is 16.4. The summed E-state index contributed by atoms with van der Waals surface area (Å²) in [6.07, 6.45) is -0.127. The van der Waals surface area contributed by atoms with E-state index < -0.39 is 18.0 Å². The maximum atomic E-state index is 11.7. The van der Waals surface area contributed by atoms with Crippen molar-refractivity contribution in [1.29, 1.82) is 0 Å². The predicted octanol–water partition coefficient (Wildman–Crippen LogP) is 0.263. The molecule has 0 aliphatic heterocycles. The molecule has 0 spiro atoms. The molecule has 0 aliphatic rings. The molecule has 3 N–H and O–H groups in total. The quantitative estimate of drug-likeness (QED) is 0.619. The molecule has 0 aromatic carbocycles. The standard InChI is InChI=1S/C12H23N3O4/c1-8(2)7-13-11(18)9(3)14-12(19)15(4)6-5-10(16)17/h8-9H,5-7H2,1-4H3,(H,13,18)(H,14,19)(H,16,17). The van der Waals surface area contributed by atoms with Crippen molar-refractivity contribution in [2.75, 3.05) is 20.1 Å². The average molecular weight is 273 g/mol. The van der Waals surface area contributed by atoms with Crippen LogP contribution in [0.3, 0.4) is 0 Å². The van der Waals surface area contributed by atoms with Crippen LogP contribution in [0.15, 0.2) is 0 Å². The summed E-state index contributed by atoms with van der Waals surface area (Å²) in [6.45, 7) is 6.18. The van der Waals surface area contributed by atoms with Gasteiger partial charge < -0.3 is 20.6 Å². The van der Waals surface area contributed by atoms with Crippen molar-refractivity contribution in [3.05, 3.63) is 0 Å². The van der Waals surface area contributed by atoms with Gasteiger partial charge in [-0.15, -0.1) is 0 Å². The van der Waals surface area contributed by atoms with Gasteiger partial charge in [0.2, 0.25) is 5.91 Å². The molecule has 110 valence electrons. The van der Waals surface area contributed by atoms with Crippen LogP contribution in [0.5, 0.6) is 0 Å². The number of amides is 3. The van der Waals surface area contributed by atoms with Crippen LogP contribution in [-0.4, -0.2) is 54.1 Å². The zero-order chi connectivity index (χ0) is 15.0. The first kappa shape index (κ1) is 17.2. The summed E-state index contributed by atoms with van der Waals surface area (Å²) in [6, 6.07) is -1.12. The summed E-state index contributed by atoms with van der Waals surface area (Å²) in [4.78, 5) is 34.9. The maximum Gasteiger partial charge on any atom is 0.317 e. The SMILES string of the molecule is CC(C)CNC(=O)C(C)NC(=O)N(C)CCC(=O)O. The molecule has 19 heavy (non-hydrogen) atoms. The number of nitrogens with one attached hydrogen (secondary N) is 2. The molecule has 7 heteroatoms. The first-order valence-electron chi connectivity index (χ1n) is 6.25. The summed E-state index contributed by atoms with van der Waals surface area (Å²) >= 11 is 0. The Morgan fingerprint density at radius 3 is 2.26 bits per heavy atom. The summed E-state index contributed by atoms with van der Waals surface area (Å²) in [5.74, 6) is -0.888. The molecule has 0 saturated carbocycles. The van der Waals surface area contributed by atoms with Gasteiger partial charge >= 0.3 is 12.0 Å². The Bertz CT molecular complexity index is 331. The normalized spacial score (nSPS) is 11.8. The Morgan fingerprint density at radius 1 is 1.21 bits per heavy atom. The molecule has 0 rings (SSSR count). The summed E-state index contributed by atoms with van der Waals surface area (Å²) in [7, 11) is 1.48. The van der Waals surface area contributed by atoms with Gasteiger partial charge in [-0.3, -0.25) is 9.59 Å². The second-order valence-corrected chi connectivity index (χ2v) is 4.88. The molecule has 0 aromatic heterocycles. The molecule has 3 amide bonds. The van der Waals surface area contributed by atoms with Gasteiger partial charge in [0.15, 0.2) is 0 Å². The van der Waals surface area contributed by atoms with Crippen molar-refractivity contribution in [3.8, 4) is 0 Å². The number of carbonyl (C=O) groups excluding carboxylic acids is 2. The molecule has 0 aromatic rings. The maximum absolute atomic E-state index is 11.7. The minimum atomic E-state index is -0.970. The fourth-order valence-corrected chi connectivity index (χ4v) is 1.18. The number of carboxylic acid groups (broad SMARTS) is 1. The largest absolute Gasteiger partial charge is 0.481 e. The van der Waals surface area contributed by atoms with E-state index in [-0.39, 0.29) is 18.9 Å². The van der Waals surface area contributed by atoms with Gasteiger partial charge in [-0.05, 0) is 12.8 Å². The van der Waals surface area contributed by atoms with Crippen molar-refractivity contribution >= 4 is 17.9 Å². The predicted molar refractivity (Wildman–Crippen MR) is 70.7 cm³/mol. The van der Waals surface area contributed by atoms with Crippen LogP contribution >= 0.6 is 0 Å². The zero-order valence-electron chi connectivity index (χ0n) is 11.9. The number of carboxylic acids is 1. The highest BCUT2D eigenvalue weighted by molar-refractivity contribution is 5.86. The first-order valence-corrected chi connectivity index (χ1v) is 6.25. The van der Waals surface area contributed by atoms with Gasteiger partial charge in [-0.2, -0.15) is 0 Å². The van der Waals surface area contributed by atoms with Gasteiger partial charge in [0.25, 0.3) is 0 Å². The average Bonchev–Trinajstić information content (AvgIpc) is 2.32. The lowest BCUT2D eigenvalue weighted by atomic mass is 10.2. The van der Waals surface area contributed by atoms with Crippen molar-refractivity contribution in [2.45, 2.75) is 33.2 Å². The Morgan fingerprint density at radius 2 is 1.79 bits per heavy atom. The first-order chi connectivity index (χ1) is 8.73. The van der Waals surface area contributed by atoms with E-state index >= 15 is 0 Å². The minimum Gasteiger partial charge on any atom is -0.481 e. The van der Waals surface area contributed by atoms with Gasteiger partial charge in [-0.25, -0.2) is 4.79 Å². The number of hydrogen-bond donors (Lipinski definition) is 3. The monoisotopic (exact) mass is 273 g/mol. The van der Waals surface area contributed by atoms with Gasteiger partial charge in [0.1, 0.15) is 6.04 Å². The third-order valence-electron chi connectivity index (χ3n) is 2.43. The van der Waals surface area contributed by atoms with Crippen LogP contribution in [-0.2, 0) is 9.59 Å². The molecular formula is C12H23N3O4. The molecule has 7 nitrogen and oxygen atoms in total. The summed E-state index contributed by atoms with van der Waals surface area (Å²) < 4.78 is 0. The molecule has 0 aliphatic carbocycles. The van der Waals surface area contributed by atoms with Crippen LogP contribution < -0.4 is 10.6 Å². The fraction of sp³-hybridized carbons (Fsp3) is 0.750. The molecule has 0 heterocycles. The Kier molecular flexibility index (Phi) is 7.55. The molecule has 1 unspecified atom stereocenters. The lowest BCUT2D eigenvalue weighted by molar-refractivity contribution is -0.137. The third-order valence-corrected chi connectivity index (χ3v) is 2.43. The van der Waals surface area contributed by atoms with Crippen molar-refractivity contribution in [3.63, 3.8) is 0 Å². The second-order valence-electron chi connectivity index (χ2n) is 4.88. The van der Waals surface area contributed by atoms with Crippen molar-refractivity contribution < 1.29 is 19.5 Å². The number of hydrogen-bond acceptors (Lipinski definition) is 3. The van der Waals surface area contributed by atoms with Crippen LogP contribution in [0.4, 0.5) is 4.79 Å². The Labute approximate surface area is 113 Å². The second kappa shape index (κ2) is 8.34. The number of aliphatic carboxylic acids is 1. The van der Waals surface area contributed by atoms with Crippen LogP contribution in [0.2, 0.25) is 0 Å². The van der Waals surface area contributed by atoms with Crippen LogP contribution in [0.25, 0.3) is 0 Å². The van der Waals surface area contributed by atoms with E-state index in [1.54, 1.807) is 6.92 Å². The minimum absolute atomic E-state index is 0.0987. The number of rotatable bonds is 7. The number of nitrogens with zero attached hydrogens (tertiary/aromatic N) is 1. The fourth-order valence-electron chi connectivity index (χ4n) is 1.18. The lowest BCUT2D eigenvalue weighted by Crippen LogP contribution is -2.49. The Hall–Kier alpha value is -1.79. The highest BCUT2D eigenvalue weighted by Gasteiger charge is 2.18. The van der Waals surface area contributed by atoms with Crippen LogP contribution in [0.1, 0.15) is 27.2 Å². The molecule has 1 atom stereocenters. The van der Waals surface area contributed by atoms with E-state index in [1.165, 1.54) is 11.9 Å². The molecular weight excluding hydrogens is 250 g/mol. The lowest BCUT2D eigenvalue weighted by Gasteiger charge is -2.20. The van der Waals surface area contributed by atoms with E-state index in [9.17, 15) is 14.4 Å². The van der Waals surface area contributed by atoms with Gasteiger partial charge in [0, 0.05) is 20.1 Å². The molecule has 0 saturated heterocycles. The highest BCUT2D eigenvalue weighted by Crippen LogP contribution is 1.93. The van der Waals surface area contributed by atoms with Crippen molar-refractivity contribution in [1.82, 2.24) is 15.5 Å². The van der Waals surface area contributed by atoms with E-state index in [0.29, 0.717) is 12.5 Å². The Balaban J connectivity index is 4.09. The topological polar surface area (TPSA) is 98.7 Å². The smallest absolute Gasteiger partial charge is 0.317 e. The zero-order valence-corrected chi connectivity index (χ0v) is 11.9. The third kappa shape index (κ3) is 8.01.